The highest BCUT2D eigenvalue weighted by Crippen LogP contribution is 2.25. The number of halogens is 1. The molecule has 1 saturated heterocycles. The third-order valence-corrected chi connectivity index (χ3v) is 7.20. The lowest BCUT2D eigenvalue weighted by molar-refractivity contribution is -0.132. The first-order chi connectivity index (χ1) is 15.9. The number of piperidine rings is 1. The van der Waals surface area contributed by atoms with E-state index in [9.17, 15) is 18.8 Å². The molecule has 0 atom stereocenters. The molecule has 9 heteroatoms. The number of ketones is 1. The number of thiophene rings is 1. The second-order valence-electron chi connectivity index (χ2n) is 8.33. The maximum Gasteiger partial charge on any atom is 0.268 e. The molecule has 4 rings (SSSR count). The molecule has 1 aromatic carbocycles. The number of benzene rings is 1. The third-order valence-electron chi connectivity index (χ3n) is 6.11. The molecule has 0 saturated carbocycles. The van der Waals surface area contributed by atoms with Crippen LogP contribution in [0, 0.1) is 18.7 Å². The molecule has 1 aliphatic heterocycles. The molecule has 33 heavy (non-hydrogen) atoms. The Morgan fingerprint density at radius 3 is 2.76 bits per heavy atom. The quantitative estimate of drug-likeness (QED) is 0.528. The summed E-state index contributed by atoms with van der Waals surface area (Å²) in [7, 11) is 1.38. The minimum Gasteiger partial charge on any atom is -0.494 e. The summed E-state index contributed by atoms with van der Waals surface area (Å²) in [5.74, 6) is -0.143. The number of carbonyl (C=O) groups excluding carboxylic acids is 2. The number of hydrogen-bond donors (Lipinski definition) is 1. The van der Waals surface area contributed by atoms with Gasteiger partial charge in [0.15, 0.2) is 17.3 Å². The van der Waals surface area contributed by atoms with Crippen LogP contribution in [0.3, 0.4) is 0 Å². The van der Waals surface area contributed by atoms with Crippen LogP contribution in [0.4, 0.5) is 4.39 Å². The van der Waals surface area contributed by atoms with Gasteiger partial charge in [-0.1, -0.05) is 0 Å². The number of methoxy groups -OCH3 is 1. The Labute approximate surface area is 194 Å². The topological polar surface area (TPSA) is 92.4 Å². The van der Waals surface area contributed by atoms with E-state index in [4.69, 9.17) is 4.74 Å². The first-order valence-electron chi connectivity index (χ1n) is 11.0. The van der Waals surface area contributed by atoms with Gasteiger partial charge in [0.25, 0.3) is 5.56 Å². The first-order valence-corrected chi connectivity index (χ1v) is 11.9. The van der Waals surface area contributed by atoms with Crippen LogP contribution in [0.2, 0.25) is 0 Å². The molecule has 0 bridgehead atoms. The molecule has 1 N–H and O–H groups in total. The standard InChI is InChI=1S/C24H26FN3O4S/c1-14-13-33-23-21(14)26-19(27-24(23)31)4-3-5-20(29)28-10-8-15(9-11-28)22(30)16-6-7-18(32-2)17(25)12-16/h6-7,12-13,15H,3-5,8-11H2,1-2H3,(H,26,27,31). The lowest BCUT2D eigenvalue weighted by Crippen LogP contribution is -2.40. The predicted molar refractivity (Wildman–Crippen MR) is 125 cm³/mol. The van der Waals surface area contributed by atoms with E-state index >= 15 is 0 Å². The number of likely N-dealkylation sites (tertiary alicyclic amines) is 1. The van der Waals surface area contributed by atoms with Crippen LogP contribution in [0.15, 0.2) is 28.4 Å². The number of rotatable bonds is 7. The number of nitrogens with one attached hydrogen (secondary N) is 1. The molecule has 1 amide bonds. The number of Topliss-reactive ketones (excluding diaryl/α,β-unsaturated/α-hetero) is 1. The zero-order valence-electron chi connectivity index (χ0n) is 18.7. The van der Waals surface area contributed by atoms with Gasteiger partial charge in [0.1, 0.15) is 10.5 Å². The fourth-order valence-electron chi connectivity index (χ4n) is 4.22. The summed E-state index contributed by atoms with van der Waals surface area (Å²) in [6, 6.07) is 4.25. The first kappa shape index (κ1) is 23.1. The van der Waals surface area contributed by atoms with E-state index in [2.05, 4.69) is 9.97 Å². The lowest BCUT2D eigenvalue weighted by atomic mass is 9.88. The number of ether oxygens (including phenoxy) is 1. The molecule has 0 spiro atoms. The molecule has 1 fully saturated rings. The zero-order chi connectivity index (χ0) is 23.5. The summed E-state index contributed by atoms with van der Waals surface area (Å²) in [5, 5.41) is 1.92. The minimum absolute atomic E-state index is 0.0338. The summed E-state index contributed by atoms with van der Waals surface area (Å²) >= 11 is 1.38. The Kier molecular flexibility index (Phi) is 6.88. The van der Waals surface area contributed by atoms with E-state index in [1.54, 1.807) is 11.0 Å². The van der Waals surface area contributed by atoms with Gasteiger partial charge in [-0.25, -0.2) is 9.37 Å². The average Bonchev–Trinajstić information content (AvgIpc) is 3.19. The Bertz CT molecular complexity index is 1240. The van der Waals surface area contributed by atoms with Crippen molar-refractivity contribution >= 4 is 33.2 Å². The summed E-state index contributed by atoms with van der Waals surface area (Å²) in [6.07, 6.45) is 2.57. The summed E-state index contributed by atoms with van der Waals surface area (Å²) in [6.45, 7) is 2.93. The molecule has 0 unspecified atom stereocenters. The Morgan fingerprint density at radius 2 is 2.06 bits per heavy atom. The largest absolute Gasteiger partial charge is 0.494 e. The minimum atomic E-state index is -0.555. The molecule has 3 aromatic rings. The van der Waals surface area contributed by atoms with Crippen molar-refractivity contribution in [3.63, 3.8) is 0 Å². The number of carbonyl (C=O) groups is 2. The molecular formula is C24H26FN3O4S. The molecule has 1 aliphatic rings. The van der Waals surface area contributed by atoms with Crippen molar-refractivity contribution in [1.82, 2.24) is 14.9 Å². The van der Waals surface area contributed by atoms with Gasteiger partial charge in [0.05, 0.1) is 12.6 Å². The van der Waals surface area contributed by atoms with Crippen molar-refractivity contribution in [2.24, 2.45) is 5.92 Å². The van der Waals surface area contributed by atoms with Gasteiger partial charge in [0.2, 0.25) is 5.91 Å². The smallest absolute Gasteiger partial charge is 0.268 e. The number of amides is 1. The Morgan fingerprint density at radius 1 is 1.30 bits per heavy atom. The van der Waals surface area contributed by atoms with Gasteiger partial charge in [-0.3, -0.25) is 14.4 Å². The normalized spacial score (nSPS) is 14.6. The van der Waals surface area contributed by atoms with Crippen LogP contribution in [0.25, 0.3) is 10.2 Å². The molecule has 3 heterocycles. The second kappa shape index (κ2) is 9.82. The van der Waals surface area contributed by atoms with Crippen molar-refractivity contribution in [1.29, 1.82) is 0 Å². The number of aryl methyl sites for hydroxylation is 2. The number of fused-ring (bicyclic) bond motifs is 1. The van der Waals surface area contributed by atoms with Gasteiger partial charge < -0.3 is 14.6 Å². The van der Waals surface area contributed by atoms with E-state index in [0.29, 0.717) is 61.3 Å². The molecule has 0 radical (unpaired) electrons. The van der Waals surface area contributed by atoms with Crippen molar-refractivity contribution in [3.05, 3.63) is 56.7 Å². The fraction of sp³-hybridized carbons (Fsp3) is 0.417. The maximum atomic E-state index is 13.9. The van der Waals surface area contributed by atoms with E-state index in [-0.39, 0.29) is 28.9 Å². The van der Waals surface area contributed by atoms with Crippen LogP contribution in [0.5, 0.6) is 5.75 Å². The van der Waals surface area contributed by atoms with Crippen molar-refractivity contribution in [2.75, 3.05) is 20.2 Å². The van der Waals surface area contributed by atoms with Gasteiger partial charge in [-0.05, 0) is 55.3 Å². The fourth-order valence-corrected chi connectivity index (χ4v) is 5.10. The van der Waals surface area contributed by atoms with Crippen molar-refractivity contribution < 1.29 is 18.7 Å². The molecular weight excluding hydrogens is 445 g/mol. The highest BCUT2D eigenvalue weighted by atomic mass is 32.1. The molecule has 7 nitrogen and oxygen atoms in total. The number of aromatic nitrogens is 2. The number of H-pyrrole nitrogens is 1. The molecule has 2 aromatic heterocycles. The zero-order valence-corrected chi connectivity index (χ0v) is 19.5. The number of aromatic amines is 1. The van der Waals surface area contributed by atoms with E-state index in [1.807, 2.05) is 12.3 Å². The van der Waals surface area contributed by atoms with Gasteiger partial charge in [-0.2, -0.15) is 0 Å². The van der Waals surface area contributed by atoms with E-state index in [0.717, 1.165) is 11.1 Å². The number of hydrogen-bond acceptors (Lipinski definition) is 6. The van der Waals surface area contributed by atoms with Crippen LogP contribution in [-0.2, 0) is 11.2 Å². The van der Waals surface area contributed by atoms with Crippen molar-refractivity contribution in [3.8, 4) is 5.75 Å². The van der Waals surface area contributed by atoms with E-state index in [1.165, 1.54) is 30.6 Å². The van der Waals surface area contributed by atoms with Crippen LogP contribution in [-0.4, -0.2) is 46.8 Å². The van der Waals surface area contributed by atoms with Crippen LogP contribution < -0.4 is 10.3 Å². The highest BCUT2D eigenvalue weighted by molar-refractivity contribution is 7.17. The summed E-state index contributed by atoms with van der Waals surface area (Å²) < 4.78 is 19.5. The monoisotopic (exact) mass is 471 g/mol. The third kappa shape index (κ3) is 4.98. The van der Waals surface area contributed by atoms with E-state index < -0.39 is 5.82 Å². The predicted octanol–water partition coefficient (Wildman–Crippen LogP) is 3.88. The van der Waals surface area contributed by atoms with Crippen LogP contribution >= 0.6 is 11.3 Å². The van der Waals surface area contributed by atoms with Gasteiger partial charge in [0, 0.05) is 37.4 Å². The highest BCUT2D eigenvalue weighted by Gasteiger charge is 2.28. The van der Waals surface area contributed by atoms with Gasteiger partial charge in [-0.15, -0.1) is 11.3 Å². The SMILES string of the molecule is COc1ccc(C(=O)C2CCN(C(=O)CCCc3nc4c(C)csc4c(=O)[nH]3)CC2)cc1F. The maximum absolute atomic E-state index is 13.9. The number of nitrogens with zero attached hydrogens (tertiary/aromatic N) is 2. The summed E-state index contributed by atoms with van der Waals surface area (Å²) in [5.41, 5.74) is 1.90. The summed E-state index contributed by atoms with van der Waals surface area (Å²) in [4.78, 5) is 46.7. The van der Waals surface area contributed by atoms with Crippen molar-refractivity contribution in [2.45, 2.75) is 39.0 Å². The average molecular weight is 472 g/mol. The Balaban J connectivity index is 1.27. The molecule has 174 valence electrons. The van der Waals surface area contributed by atoms with Gasteiger partial charge >= 0.3 is 0 Å². The molecule has 0 aliphatic carbocycles. The Hall–Kier alpha value is -3.07. The van der Waals surface area contributed by atoms with Crippen LogP contribution in [0.1, 0.15) is 47.4 Å². The second-order valence-corrected chi connectivity index (χ2v) is 9.21. The lowest BCUT2D eigenvalue weighted by Gasteiger charge is -2.31.